The standard InChI is InChI=1S/C20H20FN5O/c1-22-18(27)10-16-11-24-12-17-19(13-6-8-23-9-7-13)20(25-26(16)17)14-2-4-15(21)5-3-14/h2-9,16,24H,10-12H2,1H3,(H,22,27). The molecule has 138 valence electrons. The summed E-state index contributed by atoms with van der Waals surface area (Å²) in [5.74, 6) is -0.314. The number of nitrogens with one attached hydrogen (secondary N) is 2. The molecule has 6 nitrogen and oxygen atoms in total. The largest absolute Gasteiger partial charge is 0.359 e. The molecule has 0 bridgehead atoms. The summed E-state index contributed by atoms with van der Waals surface area (Å²) in [7, 11) is 1.63. The quantitative estimate of drug-likeness (QED) is 0.745. The lowest BCUT2D eigenvalue weighted by atomic mass is 9.98. The number of rotatable bonds is 4. The van der Waals surface area contributed by atoms with Gasteiger partial charge in [-0.25, -0.2) is 4.39 Å². The SMILES string of the molecule is CNC(=O)CC1CNCc2c(-c3ccncc3)c(-c3ccc(F)cc3)nn21. The van der Waals surface area contributed by atoms with Crippen LogP contribution >= 0.6 is 0 Å². The Morgan fingerprint density at radius 3 is 2.67 bits per heavy atom. The number of carbonyl (C=O) groups excluding carboxylic acids is 1. The minimum absolute atomic E-state index is 0.0288. The second-order valence-corrected chi connectivity index (χ2v) is 6.52. The second kappa shape index (κ2) is 7.28. The van der Waals surface area contributed by atoms with Crippen molar-refractivity contribution in [1.82, 2.24) is 25.4 Å². The number of fused-ring (bicyclic) bond motifs is 1. The van der Waals surface area contributed by atoms with Gasteiger partial charge in [0.25, 0.3) is 0 Å². The Kier molecular flexibility index (Phi) is 4.68. The third kappa shape index (κ3) is 3.33. The van der Waals surface area contributed by atoms with Crippen LogP contribution in [0, 0.1) is 5.82 Å². The third-order valence-corrected chi connectivity index (χ3v) is 4.81. The average Bonchev–Trinajstić information content (AvgIpc) is 3.09. The molecule has 1 aliphatic rings. The molecule has 3 heterocycles. The van der Waals surface area contributed by atoms with Crippen LogP contribution in [0.2, 0.25) is 0 Å². The molecule has 0 aliphatic carbocycles. The van der Waals surface area contributed by atoms with Crippen LogP contribution in [0.1, 0.15) is 18.2 Å². The maximum atomic E-state index is 13.4. The van der Waals surface area contributed by atoms with E-state index in [4.69, 9.17) is 5.10 Å². The first-order valence-electron chi connectivity index (χ1n) is 8.86. The van der Waals surface area contributed by atoms with Crippen LogP contribution in [0.4, 0.5) is 4.39 Å². The van der Waals surface area contributed by atoms with Gasteiger partial charge in [0.15, 0.2) is 0 Å². The number of carbonyl (C=O) groups is 1. The van der Waals surface area contributed by atoms with Gasteiger partial charge in [-0.3, -0.25) is 14.5 Å². The van der Waals surface area contributed by atoms with E-state index in [1.807, 2.05) is 16.8 Å². The minimum Gasteiger partial charge on any atom is -0.359 e. The number of aromatic nitrogens is 3. The number of hydrogen-bond donors (Lipinski definition) is 2. The molecule has 0 saturated heterocycles. The van der Waals surface area contributed by atoms with Gasteiger partial charge in [-0.05, 0) is 42.0 Å². The van der Waals surface area contributed by atoms with Crippen molar-refractivity contribution in [3.8, 4) is 22.4 Å². The number of benzene rings is 1. The van der Waals surface area contributed by atoms with Gasteiger partial charge in [0.2, 0.25) is 5.91 Å². The average molecular weight is 365 g/mol. The van der Waals surface area contributed by atoms with E-state index in [1.165, 1.54) is 12.1 Å². The summed E-state index contributed by atoms with van der Waals surface area (Å²) < 4.78 is 15.4. The van der Waals surface area contributed by atoms with Crippen molar-refractivity contribution in [2.45, 2.75) is 19.0 Å². The Morgan fingerprint density at radius 1 is 1.22 bits per heavy atom. The molecule has 0 saturated carbocycles. The number of nitrogens with zero attached hydrogens (tertiary/aromatic N) is 3. The van der Waals surface area contributed by atoms with Gasteiger partial charge in [0.1, 0.15) is 11.5 Å². The minimum atomic E-state index is -0.285. The van der Waals surface area contributed by atoms with Crippen LogP contribution in [0.25, 0.3) is 22.4 Å². The lowest BCUT2D eigenvalue weighted by Crippen LogP contribution is -2.36. The van der Waals surface area contributed by atoms with Crippen molar-refractivity contribution in [1.29, 1.82) is 0 Å². The fraction of sp³-hybridized carbons (Fsp3) is 0.250. The zero-order valence-corrected chi connectivity index (χ0v) is 14.9. The Morgan fingerprint density at radius 2 is 1.96 bits per heavy atom. The van der Waals surface area contributed by atoms with E-state index >= 15 is 0 Å². The van der Waals surface area contributed by atoms with E-state index in [2.05, 4.69) is 15.6 Å². The fourth-order valence-corrected chi connectivity index (χ4v) is 3.49. The van der Waals surface area contributed by atoms with Gasteiger partial charge in [0, 0.05) is 43.7 Å². The first kappa shape index (κ1) is 17.4. The van der Waals surface area contributed by atoms with E-state index in [-0.39, 0.29) is 17.8 Å². The summed E-state index contributed by atoms with van der Waals surface area (Å²) in [4.78, 5) is 16.0. The van der Waals surface area contributed by atoms with Gasteiger partial charge in [-0.1, -0.05) is 0 Å². The van der Waals surface area contributed by atoms with Crippen molar-refractivity contribution in [2.75, 3.05) is 13.6 Å². The highest BCUT2D eigenvalue weighted by molar-refractivity contribution is 5.83. The van der Waals surface area contributed by atoms with Gasteiger partial charge >= 0.3 is 0 Å². The Bertz CT molecular complexity index is 953. The maximum Gasteiger partial charge on any atom is 0.221 e. The van der Waals surface area contributed by atoms with Crippen LogP contribution in [0.5, 0.6) is 0 Å². The molecule has 1 atom stereocenters. The van der Waals surface area contributed by atoms with E-state index in [1.54, 1.807) is 31.6 Å². The Hall–Kier alpha value is -3.06. The topological polar surface area (TPSA) is 71.8 Å². The highest BCUT2D eigenvalue weighted by Gasteiger charge is 2.28. The van der Waals surface area contributed by atoms with Gasteiger partial charge in [0.05, 0.1) is 18.2 Å². The zero-order valence-electron chi connectivity index (χ0n) is 14.9. The van der Waals surface area contributed by atoms with Crippen LogP contribution in [0.3, 0.4) is 0 Å². The molecule has 2 aromatic heterocycles. The molecule has 4 rings (SSSR count). The van der Waals surface area contributed by atoms with Gasteiger partial charge in [-0.15, -0.1) is 0 Å². The molecular weight excluding hydrogens is 345 g/mol. The first-order valence-corrected chi connectivity index (χ1v) is 8.86. The van der Waals surface area contributed by atoms with Crippen LogP contribution in [0.15, 0.2) is 48.8 Å². The molecular formula is C20H20FN5O. The van der Waals surface area contributed by atoms with E-state index in [9.17, 15) is 9.18 Å². The second-order valence-electron chi connectivity index (χ2n) is 6.52. The smallest absolute Gasteiger partial charge is 0.221 e. The number of hydrogen-bond acceptors (Lipinski definition) is 4. The Balaban J connectivity index is 1.88. The lowest BCUT2D eigenvalue weighted by Gasteiger charge is -2.25. The summed E-state index contributed by atoms with van der Waals surface area (Å²) in [6.07, 6.45) is 3.83. The molecule has 1 aromatic carbocycles. The molecule has 0 spiro atoms. The summed E-state index contributed by atoms with van der Waals surface area (Å²) >= 11 is 0. The molecule has 2 N–H and O–H groups in total. The van der Waals surface area contributed by atoms with Crippen molar-refractivity contribution in [3.05, 3.63) is 60.3 Å². The zero-order chi connectivity index (χ0) is 18.8. The van der Waals surface area contributed by atoms with Crippen LogP contribution in [-0.2, 0) is 11.3 Å². The summed E-state index contributed by atoms with van der Waals surface area (Å²) in [6, 6.07) is 10.1. The highest BCUT2D eigenvalue weighted by Crippen LogP contribution is 2.37. The normalized spacial score (nSPS) is 16.0. The molecule has 27 heavy (non-hydrogen) atoms. The van der Waals surface area contributed by atoms with Crippen LogP contribution < -0.4 is 10.6 Å². The fourth-order valence-electron chi connectivity index (χ4n) is 3.49. The summed E-state index contributed by atoms with van der Waals surface area (Å²) in [5, 5.41) is 10.9. The van der Waals surface area contributed by atoms with Crippen molar-refractivity contribution in [3.63, 3.8) is 0 Å². The lowest BCUT2D eigenvalue weighted by molar-refractivity contribution is -0.121. The maximum absolute atomic E-state index is 13.4. The van der Waals surface area contributed by atoms with Crippen LogP contribution in [-0.4, -0.2) is 34.3 Å². The third-order valence-electron chi connectivity index (χ3n) is 4.81. The molecule has 3 aromatic rings. The first-order chi connectivity index (χ1) is 13.2. The summed E-state index contributed by atoms with van der Waals surface area (Å²) in [6.45, 7) is 1.32. The molecule has 0 radical (unpaired) electrons. The van der Waals surface area contributed by atoms with Gasteiger partial charge in [-0.2, -0.15) is 5.10 Å². The number of pyridine rings is 1. The molecule has 7 heteroatoms. The number of amides is 1. The molecule has 1 unspecified atom stereocenters. The van der Waals surface area contributed by atoms with Crippen molar-refractivity contribution >= 4 is 5.91 Å². The predicted molar refractivity (Wildman–Crippen MR) is 100 cm³/mol. The highest BCUT2D eigenvalue weighted by atomic mass is 19.1. The molecule has 0 fully saturated rings. The predicted octanol–water partition coefficient (Wildman–Crippen LogP) is 2.53. The van der Waals surface area contributed by atoms with E-state index < -0.39 is 0 Å². The van der Waals surface area contributed by atoms with Crippen molar-refractivity contribution < 1.29 is 9.18 Å². The van der Waals surface area contributed by atoms with E-state index in [0.29, 0.717) is 19.5 Å². The molecule has 1 amide bonds. The Labute approximate surface area is 156 Å². The molecule has 1 aliphatic heterocycles. The monoisotopic (exact) mass is 365 g/mol. The van der Waals surface area contributed by atoms with Gasteiger partial charge < -0.3 is 10.6 Å². The summed E-state index contributed by atoms with van der Waals surface area (Å²) in [5.41, 5.74) is 4.61. The van der Waals surface area contributed by atoms with E-state index in [0.717, 1.165) is 28.1 Å². The van der Waals surface area contributed by atoms with Crippen molar-refractivity contribution in [2.24, 2.45) is 0 Å². The number of halogens is 1.